The molecule has 136 valence electrons. The molecule has 0 radical (unpaired) electrons. The van der Waals surface area contributed by atoms with E-state index in [2.05, 4.69) is 51.5 Å². The first-order valence-electron chi connectivity index (χ1n) is 8.66. The van der Waals surface area contributed by atoms with Crippen LogP contribution in [0.3, 0.4) is 0 Å². The second-order valence-corrected chi connectivity index (χ2v) is 7.25. The van der Waals surface area contributed by atoms with Crippen molar-refractivity contribution >= 4 is 34.2 Å². The Morgan fingerprint density at radius 3 is 2.59 bits per heavy atom. The van der Waals surface area contributed by atoms with E-state index in [0.29, 0.717) is 17.6 Å². The average Bonchev–Trinajstić information content (AvgIpc) is 3.11. The molecular weight excluding hydrogens is 340 g/mol. The van der Waals surface area contributed by atoms with Crippen LogP contribution in [0, 0.1) is 0 Å². The topological polar surface area (TPSA) is 88.8 Å². The summed E-state index contributed by atoms with van der Waals surface area (Å²) < 4.78 is 5.39. The van der Waals surface area contributed by atoms with Gasteiger partial charge in [-0.2, -0.15) is 4.98 Å². The predicted octanol–water partition coefficient (Wildman–Crippen LogP) is 4.80. The van der Waals surface area contributed by atoms with Crippen molar-refractivity contribution in [2.45, 2.75) is 26.2 Å². The van der Waals surface area contributed by atoms with Crippen LogP contribution in [-0.4, -0.2) is 20.1 Å². The molecule has 1 aromatic carbocycles. The molecular formula is C20H20N6O. The number of benzene rings is 1. The fraction of sp³-hybridized carbons (Fsp3) is 0.200. The van der Waals surface area contributed by atoms with Crippen molar-refractivity contribution in [2.24, 2.45) is 0 Å². The Morgan fingerprint density at radius 1 is 0.889 bits per heavy atom. The van der Waals surface area contributed by atoms with Crippen molar-refractivity contribution in [1.29, 1.82) is 0 Å². The third kappa shape index (κ3) is 3.87. The summed E-state index contributed by atoms with van der Waals surface area (Å²) in [7, 11) is 0. The second kappa shape index (κ2) is 6.68. The Hall–Kier alpha value is -3.48. The van der Waals surface area contributed by atoms with Gasteiger partial charge in [0.15, 0.2) is 5.82 Å². The highest BCUT2D eigenvalue weighted by Crippen LogP contribution is 2.26. The number of aromatic nitrogens is 4. The van der Waals surface area contributed by atoms with E-state index in [0.717, 1.165) is 22.4 Å². The number of nitrogens with one attached hydrogen (secondary N) is 2. The molecule has 4 rings (SSSR count). The molecule has 0 aliphatic carbocycles. The lowest BCUT2D eigenvalue weighted by atomic mass is 9.93. The third-order valence-corrected chi connectivity index (χ3v) is 4.02. The van der Waals surface area contributed by atoms with Crippen LogP contribution in [0.15, 0.2) is 59.4 Å². The zero-order valence-electron chi connectivity index (χ0n) is 15.4. The maximum absolute atomic E-state index is 5.39. The summed E-state index contributed by atoms with van der Waals surface area (Å²) in [6.45, 7) is 6.22. The van der Waals surface area contributed by atoms with Gasteiger partial charge < -0.3 is 15.2 Å². The minimum atomic E-state index is -0.101. The van der Waals surface area contributed by atoms with Gasteiger partial charge in [-0.15, -0.1) is 0 Å². The molecule has 0 aliphatic rings. The fourth-order valence-electron chi connectivity index (χ4n) is 2.59. The van der Waals surface area contributed by atoms with E-state index in [-0.39, 0.29) is 5.41 Å². The van der Waals surface area contributed by atoms with E-state index in [9.17, 15) is 0 Å². The first-order valence-corrected chi connectivity index (χ1v) is 8.66. The Bertz CT molecular complexity index is 1080. The summed E-state index contributed by atoms with van der Waals surface area (Å²) in [5.41, 5.74) is 1.74. The standard InChI is InChI=1S/C20H20N6O/c1-20(2,3)16-12-18(26-27-16)24-17-8-10-22-19(25-17)23-14-6-7-15-13(11-14)5-4-9-21-15/h4-12H,1-3H3,(H2,22,23,24,25,26). The van der Waals surface area contributed by atoms with Crippen molar-refractivity contribution < 1.29 is 4.52 Å². The van der Waals surface area contributed by atoms with Gasteiger partial charge in [0, 0.05) is 34.9 Å². The van der Waals surface area contributed by atoms with E-state index in [1.165, 1.54) is 0 Å². The highest BCUT2D eigenvalue weighted by Gasteiger charge is 2.19. The van der Waals surface area contributed by atoms with Crippen LogP contribution in [-0.2, 0) is 5.41 Å². The van der Waals surface area contributed by atoms with Gasteiger partial charge in [0.1, 0.15) is 11.6 Å². The molecule has 3 heterocycles. The number of fused-ring (bicyclic) bond motifs is 1. The smallest absolute Gasteiger partial charge is 0.229 e. The summed E-state index contributed by atoms with van der Waals surface area (Å²) in [4.78, 5) is 13.1. The maximum Gasteiger partial charge on any atom is 0.229 e. The van der Waals surface area contributed by atoms with Crippen LogP contribution in [0.4, 0.5) is 23.3 Å². The van der Waals surface area contributed by atoms with Crippen molar-refractivity contribution in [2.75, 3.05) is 10.6 Å². The highest BCUT2D eigenvalue weighted by atomic mass is 16.5. The molecule has 0 saturated heterocycles. The zero-order valence-corrected chi connectivity index (χ0v) is 15.4. The number of pyridine rings is 1. The fourth-order valence-corrected chi connectivity index (χ4v) is 2.59. The van der Waals surface area contributed by atoms with Gasteiger partial charge in [-0.25, -0.2) is 4.98 Å². The monoisotopic (exact) mass is 360 g/mol. The Kier molecular flexibility index (Phi) is 4.19. The molecule has 7 nitrogen and oxygen atoms in total. The minimum absolute atomic E-state index is 0.101. The van der Waals surface area contributed by atoms with Crippen LogP contribution in [0.25, 0.3) is 10.9 Å². The molecule has 4 aromatic rings. The van der Waals surface area contributed by atoms with Crippen LogP contribution in [0.2, 0.25) is 0 Å². The van der Waals surface area contributed by atoms with Crippen molar-refractivity contribution in [3.05, 3.63) is 60.6 Å². The largest absolute Gasteiger partial charge is 0.359 e. The summed E-state index contributed by atoms with van der Waals surface area (Å²) >= 11 is 0. The summed E-state index contributed by atoms with van der Waals surface area (Å²) in [6, 6.07) is 13.5. The van der Waals surface area contributed by atoms with Crippen molar-refractivity contribution in [3.8, 4) is 0 Å². The van der Waals surface area contributed by atoms with Gasteiger partial charge in [0.05, 0.1) is 5.52 Å². The summed E-state index contributed by atoms with van der Waals surface area (Å²) in [6.07, 6.45) is 3.47. The number of anilines is 4. The van der Waals surface area contributed by atoms with Crippen molar-refractivity contribution in [1.82, 2.24) is 20.1 Å². The molecule has 0 spiro atoms. The lowest BCUT2D eigenvalue weighted by Gasteiger charge is -2.12. The van der Waals surface area contributed by atoms with E-state index < -0.39 is 0 Å². The van der Waals surface area contributed by atoms with Crippen LogP contribution in [0.5, 0.6) is 0 Å². The van der Waals surface area contributed by atoms with Crippen molar-refractivity contribution in [3.63, 3.8) is 0 Å². The van der Waals surface area contributed by atoms with Gasteiger partial charge in [-0.3, -0.25) is 4.98 Å². The van der Waals surface area contributed by atoms with E-state index in [4.69, 9.17) is 4.52 Å². The number of nitrogens with zero attached hydrogens (tertiary/aromatic N) is 4. The second-order valence-electron chi connectivity index (χ2n) is 7.25. The predicted molar refractivity (Wildman–Crippen MR) is 106 cm³/mol. The van der Waals surface area contributed by atoms with Gasteiger partial charge in [-0.05, 0) is 30.3 Å². The number of rotatable bonds is 4. The molecule has 0 atom stereocenters. The zero-order chi connectivity index (χ0) is 18.9. The Morgan fingerprint density at radius 2 is 1.78 bits per heavy atom. The first kappa shape index (κ1) is 17.0. The lowest BCUT2D eigenvalue weighted by molar-refractivity contribution is 0.331. The van der Waals surface area contributed by atoms with E-state index >= 15 is 0 Å². The Balaban J connectivity index is 1.52. The molecule has 2 N–H and O–H groups in total. The van der Waals surface area contributed by atoms with Gasteiger partial charge in [-0.1, -0.05) is 32.0 Å². The van der Waals surface area contributed by atoms with Crippen LogP contribution >= 0.6 is 0 Å². The first-order chi connectivity index (χ1) is 13.0. The molecule has 27 heavy (non-hydrogen) atoms. The molecule has 0 bridgehead atoms. The van der Waals surface area contributed by atoms with Crippen LogP contribution in [0.1, 0.15) is 26.5 Å². The Labute approximate surface area is 156 Å². The van der Waals surface area contributed by atoms with Gasteiger partial charge in [0.2, 0.25) is 5.95 Å². The maximum atomic E-state index is 5.39. The molecule has 3 aromatic heterocycles. The minimum Gasteiger partial charge on any atom is -0.359 e. The number of hydrogen-bond donors (Lipinski definition) is 2. The van der Waals surface area contributed by atoms with Gasteiger partial charge >= 0.3 is 0 Å². The average molecular weight is 360 g/mol. The third-order valence-electron chi connectivity index (χ3n) is 4.02. The van der Waals surface area contributed by atoms with E-state index in [1.54, 1.807) is 18.5 Å². The summed E-state index contributed by atoms with van der Waals surface area (Å²) in [5, 5.41) is 11.5. The SMILES string of the molecule is CC(C)(C)c1cc(Nc2ccnc(Nc3ccc4ncccc4c3)n2)no1. The molecule has 0 amide bonds. The molecule has 0 unspecified atom stereocenters. The molecule has 0 fully saturated rings. The quantitative estimate of drug-likeness (QED) is 0.540. The molecule has 0 saturated carbocycles. The highest BCUT2D eigenvalue weighted by molar-refractivity contribution is 5.82. The number of hydrogen-bond acceptors (Lipinski definition) is 7. The molecule has 7 heteroatoms. The lowest BCUT2D eigenvalue weighted by Crippen LogP contribution is -2.09. The summed E-state index contributed by atoms with van der Waals surface area (Å²) in [5.74, 6) is 2.54. The van der Waals surface area contributed by atoms with E-state index in [1.807, 2.05) is 36.4 Å². The normalized spacial score (nSPS) is 11.5. The van der Waals surface area contributed by atoms with Gasteiger partial charge in [0.25, 0.3) is 0 Å². The van der Waals surface area contributed by atoms with Crippen LogP contribution < -0.4 is 10.6 Å². The molecule has 0 aliphatic heterocycles.